The number of benzene rings is 1. The van der Waals surface area contributed by atoms with Gasteiger partial charge in [0.1, 0.15) is 0 Å². The number of halogens is 1. The summed E-state index contributed by atoms with van der Waals surface area (Å²) in [5.74, 6) is 0.767. The Bertz CT molecular complexity index is 608. The van der Waals surface area contributed by atoms with Crippen molar-refractivity contribution >= 4 is 34.0 Å². The van der Waals surface area contributed by atoms with E-state index in [2.05, 4.69) is 17.2 Å². The monoisotopic (exact) mass is 292 g/mol. The molecule has 1 fully saturated rings. The number of hydrogen-bond acceptors (Lipinski definition) is 3. The van der Waals surface area contributed by atoms with Crippen LogP contribution in [0.15, 0.2) is 29.6 Å². The predicted molar refractivity (Wildman–Crippen MR) is 78.5 cm³/mol. The van der Waals surface area contributed by atoms with Crippen molar-refractivity contribution in [1.29, 1.82) is 0 Å². The molecule has 0 saturated heterocycles. The average Bonchev–Trinajstić information content (AvgIpc) is 2.95. The van der Waals surface area contributed by atoms with Gasteiger partial charge in [0.15, 0.2) is 5.13 Å². The summed E-state index contributed by atoms with van der Waals surface area (Å²) >= 11 is 7.30. The first kappa shape index (κ1) is 12.6. The standard InChI is InChI=1S/C14H13ClN2OS/c1-8-6-11(8)13(18)17-14-16-12(7-19-14)9-2-4-10(15)5-3-9/h2-5,7-8,11H,6H2,1H3,(H,16,17,18). The van der Waals surface area contributed by atoms with Crippen molar-refractivity contribution in [2.75, 3.05) is 5.32 Å². The highest BCUT2D eigenvalue weighted by Gasteiger charge is 2.39. The number of thiazole rings is 1. The summed E-state index contributed by atoms with van der Waals surface area (Å²) < 4.78 is 0. The van der Waals surface area contributed by atoms with Crippen LogP contribution < -0.4 is 5.32 Å². The highest BCUT2D eigenvalue weighted by Crippen LogP contribution is 2.38. The highest BCUT2D eigenvalue weighted by molar-refractivity contribution is 7.14. The smallest absolute Gasteiger partial charge is 0.229 e. The molecule has 1 amide bonds. The molecule has 1 aliphatic rings. The van der Waals surface area contributed by atoms with E-state index in [0.29, 0.717) is 16.1 Å². The van der Waals surface area contributed by atoms with Crippen LogP contribution in [0.5, 0.6) is 0 Å². The van der Waals surface area contributed by atoms with Gasteiger partial charge in [0.2, 0.25) is 5.91 Å². The molecular formula is C14H13ClN2OS. The van der Waals surface area contributed by atoms with Crippen LogP contribution in [0.25, 0.3) is 11.3 Å². The summed E-state index contributed by atoms with van der Waals surface area (Å²) in [7, 11) is 0. The van der Waals surface area contributed by atoms with Crippen LogP contribution in [0.3, 0.4) is 0 Å². The number of anilines is 1. The van der Waals surface area contributed by atoms with E-state index in [0.717, 1.165) is 17.7 Å². The van der Waals surface area contributed by atoms with E-state index in [4.69, 9.17) is 11.6 Å². The lowest BCUT2D eigenvalue weighted by molar-refractivity contribution is -0.117. The van der Waals surface area contributed by atoms with Crippen LogP contribution in [0.1, 0.15) is 13.3 Å². The number of nitrogens with one attached hydrogen (secondary N) is 1. The molecule has 1 heterocycles. The highest BCUT2D eigenvalue weighted by atomic mass is 35.5. The maximum Gasteiger partial charge on any atom is 0.229 e. The first-order valence-electron chi connectivity index (χ1n) is 6.16. The number of hydrogen-bond donors (Lipinski definition) is 1. The van der Waals surface area contributed by atoms with E-state index in [1.165, 1.54) is 11.3 Å². The molecule has 0 spiro atoms. The van der Waals surface area contributed by atoms with Crippen molar-refractivity contribution in [2.24, 2.45) is 11.8 Å². The number of aromatic nitrogens is 1. The fourth-order valence-electron chi connectivity index (χ4n) is 1.97. The molecule has 3 nitrogen and oxygen atoms in total. The summed E-state index contributed by atoms with van der Waals surface area (Å²) in [5, 5.41) is 6.18. The zero-order chi connectivity index (χ0) is 13.4. The zero-order valence-electron chi connectivity index (χ0n) is 10.4. The van der Waals surface area contributed by atoms with Gasteiger partial charge in [-0.05, 0) is 24.5 Å². The lowest BCUT2D eigenvalue weighted by Gasteiger charge is -1.99. The second-order valence-corrected chi connectivity index (χ2v) is 6.15. The molecule has 0 radical (unpaired) electrons. The molecule has 2 aromatic rings. The maximum absolute atomic E-state index is 11.8. The zero-order valence-corrected chi connectivity index (χ0v) is 12.0. The van der Waals surface area contributed by atoms with Gasteiger partial charge in [0.25, 0.3) is 0 Å². The van der Waals surface area contributed by atoms with E-state index in [9.17, 15) is 4.79 Å². The van der Waals surface area contributed by atoms with Gasteiger partial charge >= 0.3 is 0 Å². The molecule has 0 bridgehead atoms. The molecule has 1 saturated carbocycles. The minimum atomic E-state index is 0.0875. The van der Waals surface area contributed by atoms with E-state index < -0.39 is 0 Å². The summed E-state index contributed by atoms with van der Waals surface area (Å²) in [4.78, 5) is 16.2. The Morgan fingerprint density at radius 3 is 2.74 bits per heavy atom. The molecule has 1 aromatic heterocycles. The van der Waals surface area contributed by atoms with Crippen molar-refractivity contribution < 1.29 is 4.79 Å². The third-order valence-corrected chi connectivity index (χ3v) is 4.33. The molecule has 0 aliphatic heterocycles. The van der Waals surface area contributed by atoms with Crippen LogP contribution in [0, 0.1) is 11.8 Å². The topological polar surface area (TPSA) is 42.0 Å². The minimum Gasteiger partial charge on any atom is -0.302 e. The van der Waals surface area contributed by atoms with Crippen molar-refractivity contribution in [2.45, 2.75) is 13.3 Å². The van der Waals surface area contributed by atoms with Crippen molar-refractivity contribution in [1.82, 2.24) is 4.98 Å². The van der Waals surface area contributed by atoms with Gasteiger partial charge in [-0.1, -0.05) is 30.7 Å². The fourth-order valence-corrected chi connectivity index (χ4v) is 2.82. The van der Waals surface area contributed by atoms with E-state index in [1.54, 1.807) is 0 Å². The fraction of sp³-hybridized carbons (Fsp3) is 0.286. The summed E-state index contributed by atoms with van der Waals surface area (Å²) in [5.41, 5.74) is 1.86. The van der Waals surface area contributed by atoms with E-state index in [-0.39, 0.29) is 11.8 Å². The lowest BCUT2D eigenvalue weighted by Crippen LogP contribution is -2.14. The van der Waals surface area contributed by atoms with Crippen molar-refractivity contribution in [3.8, 4) is 11.3 Å². The first-order chi connectivity index (χ1) is 9.13. The van der Waals surface area contributed by atoms with Crippen molar-refractivity contribution in [3.05, 3.63) is 34.7 Å². The number of nitrogens with zero attached hydrogens (tertiary/aromatic N) is 1. The minimum absolute atomic E-state index is 0.0875. The number of rotatable bonds is 3. The molecule has 1 aliphatic carbocycles. The van der Waals surface area contributed by atoms with Gasteiger partial charge in [0, 0.05) is 21.9 Å². The largest absolute Gasteiger partial charge is 0.302 e. The van der Waals surface area contributed by atoms with Crippen LogP contribution in [0.2, 0.25) is 5.02 Å². The predicted octanol–water partition coefficient (Wildman–Crippen LogP) is 4.06. The Balaban J connectivity index is 1.72. The van der Waals surface area contributed by atoms with Crippen molar-refractivity contribution in [3.63, 3.8) is 0 Å². The summed E-state index contributed by atoms with van der Waals surface area (Å²) in [6.07, 6.45) is 0.987. The Kier molecular flexibility index (Phi) is 3.29. The molecule has 1 aromatic carbocycles. The van der Waals surface area contributed by atoms with Gasteiger partial charge in [-0.25, -0.2) is 4.98 Å². The first-order valence-corrected chi connectivity index (χ1v) is 7.41. The molecule has 19 heavy (non-hydrogen) atoms. The molecule has 2 atom stereocenters. The third kappa shape index (κ3) is 2.80. The molecule has 3 rings (SSSR count). The van der Waals surface area contributed by atoms with Crippen LogP contribution in [-0.2, 0) is 4.79 Å². The number of carbonyl (C=O) groups is 1. The molecule has 1 N–H and O–H groups in total. The van der Waals surface area contributed by atoms with E-state index in [1.807, 2.05) is 29.6 Å². The van der Waals surface area contributed by atoms with Gasteiger partial charge in [-0.3, -0.25) is 4.79 Å². The van der Waals surface area contributed by atoms with Crippen LogP contribution >= 0.6 is 22.9 Å². The van der Waals surface area contributed by atoms with E-state index >= 15 is 0 Å². The van der Waals surface area contributed by atoms with Gasteiger partial charge in [-0.15, -0.1) is 11.3 Å². The Morgan fingerprint density at radius 2 is 2.11 bits per heavy atom. The van der Waals surface area contributed by atoms with Gasteiger partial charge < -0.3 is 5.32 Å². The summed E-state index contributed by atoms with van der Waals surface area (Å²) in [6.45, 7) is 2.09. The maximum atomic E-state index is 11.8. The number of amides is 1. The van der Waals surface area contributed by atoms with Crippen LogP contribution in [0.4, 0.5) is 5.13 Å². The third-order valence-electron chi connectivity index (χ3n) is 3.32. The summed E-state index contributed by atoms with van der Waals surface area (Å²) in [6, 6.07) is 7.51. The molecule has 2 unspecified atom stereocenters. The molecule has 98 valence electrons. The Hall–Kier alpha value is -1.39. The molecule has 5 heteroatoms. The molecular weight excluding hydrogens is 280 g/mol. The second-order valence-electron chi connectivity index (χ2n) is 4.85. The number of carbonyl (C=O) groups excluding carboxylic acids is 1. The Morgan fingerprint density at radius 1 is 1.42 bits per heavy atom. The average molecular weight is 293 g/mol. The van der Waals surface area contributed by atoms with Gasteiger partial charge in [0.05, 0.1) is 5.69 Å². The Labute approximate surface area is 120 Å². The SMILES string of the molecule is CC1CC1C(=O)Nc1nc(-c2ccc(Cl)cc2)cs1. The van der Waals surface area contributed by atoms with Gasteiger partial charge in [-0.2, -0.15) is 0 Å². The second kappa shape index (κ2) is 4.94. The van der Waals surface area contributed by atoms with Crippen LogP contribution in [-0.4, -0.2) is 10.9 Å². The lowest BCUT2D eigenvalue weighted by atomic mass is 10.2. The normalized spacial score (nSPS) is 21.2. The quantitative estimate of drug-likeness (QED) is 0.927.